The van der Waals surface area contributed by atoms with E-state index in [4.69, 9.17) is 10.00 Å². The number of nitrogens with zero attached hydrogens (tertiary/aromatic N) is 5. The third-order valence-electron chi connectivity index (χ3n) is 2.96. The lowest BCUT2D eigenvalue weighted by Crippen LogP contribution is -2.04. The minimum Gasteiger partial charge on any atom is -0.378 e. The molecule has 3 aromatic rings. The molecule has 0 aliphatic carbocycles. The van der Waals surface area contributed by atoms with Crippen LogP contribution in [0.3, 0.4) is 0 Å². The van der Waals surface area contributed by atoms with Gasteiger partial charge in [0.15, 0.2) is 5.69 Å². The summed E-state index contributed by atoms with van der Waals surface area (Å²) in [5.74, 6) is -0.295. The van der Waals surface area contributed by atoms with E-state index in [1.54, 1.807) is 12.1 Å². The third-order valence-corrected chi connectivity index (χ3v) is 3.78. The number of halogens is 1. The molecule has 0 aliphatic heterocycles. The second-order valence-electron chi connectivity index (χ2n) is 4.36. The van der Waals surface area contributed by atoms with Gasteiger partial charge in [0.1, 0.15) is 17.6 Å². The molecule has 0 amide bonds. The van der Waals surface area contributed by atoms with Gasteiger partial charge < -0.3 is 4.74 Å². The van der Waals surface area contributed by atoms with Gasteiger partial charge in [0.05, 0.1) is 12.3 Å². The topological polar surface area (TPSA) is 76.6 Å². The van der Waals surface area contributed by atoms with Crippen LogP contribution in [0.5, 0.6) is 0 Å². The van der Waals surface area contributed by atoms with Crippen LogP contribution in [0.4, 0.5) is 4.39 Å². The molecule has 0 saturated carbocycles. The molecule has 3 rings (SSSR count). The van der Waals surface area contributed by atoms with Gasteiger partial charge in [-0.15, -0.1) is 16.4 Å². The van der Waals surface area contributed by atoms with Crippen LogP contribution in [-0.4, -0.2) is 27.1 Å². The molecule has 0 fully saturated rings. The smallest absolute Gasteiger partial charge is 0.212 e. The molecule has 0 bridgehead atoms. The molecule has 0 N–H and O–H groups in total. The first kappa shape index (κ1) is 14.3. The summed E-state index contributed by atoms with van der Waals surface area (Å²) < 4.78 is 19.5. The first-order valence-corrected chi connectivity index (χ1v) is 7.16. The molecule has 0 radical (unpaired) electrons. The molecule has 2 aromatic heterocycles. The minimum atomic E-state index is -0.295. The fourth-order valence-corrected chi connectivity index (χ4v) is 2.73. The standard InChI is InChI=1S/C14H10FN5OS/c1-21-7-13-11(6-16)18-19-20(13)14-17-12(8-22-14)9-2-4-10(15)5-3-9/h2-5,8H,7H2,1H3. The summed E-state index contributed by atoms with van der Waals surface area (Å²) in [5, 5.41) is 19.2. The Hall–Kier alpha value is -2.63. The number of rotatable bonds is 4. The highest BCUT2D eigenvalue weighted by Gasteiger charge is 2.16. The average molecular weight is 315 g/mol. The number of ether oxygens (including phenoxy) is 1. The highest BCUT2D eigenvalue weighted by Crippen LogP contribution is 2.25. The summed E-state index contributed by atoms with van der Waals surface area (Å²) in [6, 6.07) is 8.06. The summed E-state index contributed by atoms with van der Waals surface area (Å²) in [5.41, 5.74) is 2.26. The predicted molar refractivity (Wildman–Crippen MR) is 77.9 cm³/mol. The van der Waals surface area contributed by atoms with Crippen molar-refractivity contribution in [2.24, 2.45) is 0 Å². The molecule has 6 nitrogen and oxygen atoms in total. The second-order valence-corrected chi connectivity index (χ2v) is 5.20. The normalized spacial score (nSPS) is 10.6. The highest BCUT2D eigenvalue weighted by atomic mass is 32.1. The van der Waals surface area contributed by atoms with Gasteiger partial charge in [0, 0.05) is 18.1 Å². The quantitative estimate of drug-likeness (QED) is 0.739. The number of hydrogen-bond acceptors (Lipinski definition) is 6. The van der Waals surface area contributed by atoms with E-state index in [1.165, 1.54) is 35.3 Å². The minimum absolute atomic E-state index is 0.209. The number of hydrogen-bond donors (Lipinski definition) is 0. The van der Waals surface area contributed by atoms with Crippen molar-refractivity contribution in [1.82, 2.24) is 20.0 Å². The van der Waals surface area contributed by atoms with Gasteiger partial charge in [-0.2, -0.15) is 9.94 Å². The van der Waals surface area contributed by atoms with Crippen LogP contribution < -0.4 is 0 Å². The van der Waals surface area contributed by atoms with Crippen molar-refractivity contribution in [3.63, 3.8) is 0 Å². The number of aromatic nitrogens is 4. The van der Waals surface area contributed by atoms with Crippen molar-refractivity contribution in [3.05, 3.63) is 46.9 Å². The van der Waals surface area contributed by atoms with E-state index in [9.17, 15) is 4.39 Å². The molecule has 0 aliphatic rings. The molecule has 22 heavy (non-hydrogen) atoms. The van der Waals surface area contributed by atoms with Crippen LogP contribution in [0.1, 0.15) is 11.4 Å². The molecular weight excluding hydrogens is 305 g/mol. The Morgan fingerprint density at radius 2 is 2.14 bits per heavy atom. The van der Waals surface area contributed by atoms with Crippen molar-refractivity contribution in [2.45, 2.75) is 6.61 Å². The molecular formula is C14H10FN5OS. The number of methoxy groups -OCH3 is 1. The lowest BCUT2D eigenvalue weighted by atomic mass is 10.2. The van der Waals surface area contributed by atoms with E-state index in [0.717, 1.165) is 5.56 Å². The number of nitriles is 1. The number of thiazole rings is 1. The van der Waals surface area contributed by atoms with E-state index in [-0.39, 0.29) is 18.1 Å². The number of benzene rings is 1. The molecule has 2 heterocycles. The van der Waals surface area contributed by atoms with Gasteiger partial charge in [-0.3, -0.25) is 0 Å². The van der Waals surface area contributed by atoms with Crippen molar-refractivity contribution < 1.29 is 9.13 Å². The second kappa shape index (κ2) is 6.01. The Labute approximate surface area is 129 Å². The van der Waals surface area contributed by atoms with Crippen molar-refractivity contribution in [2.75, 3.05) is 7.11 Å². The first-order valence-electron chi connectivity index (χ1n) is 6.28. The summed E-state index contributed by atoms with van der Waals surface area (Å²) in [6.45, 7) is 0.210. The lowest BCUT2D eigenvalue weighted by molar-refractivity contribution is 0.179. The van der Waals surface area contributed by atoms with E-state index >= 15 is 0 Å². The van der Waals surface area contributed by atoms with Gasteiger partial charge in [-0.1, -0.05) is 5.21 Å². The fraction of sp³-hybridized carbons (Fsp3) is 0.143. The maximum Gasteiger partial charge on any atom is 0.212 e. The third kappa shape index (κ3) is 2.59. The zero-order valence-corrected chi connectivity index (χ0v) is 12.3. The van der Waals surface area contributed by atoms with Gasteiger partial charge in [-0.25, -0.2) is 9.37 Å². The summed E-state index contributed by atoms with van der Waals surface area (Å²) >= 11 is 1.36. The maximum atomic E-state index is 13.0. The Morgan fingerprint density at radius 3 is 2.82 bits per heavy atom. The van der Waals surface area contributed by atoms with Crippen LogP contribution in [0.15, 0.2) is 29.6 Å². The molecule has 0 atom stereocenters. The van der Waals surface area contributed by atoms with E-state index in [0.29, 0.717) is 16.5 Å². The molecule has 8 heteroatoms. The van der Waals surface area contributed by atoms with Crippen LogP contribution in [0.25, 0.3) is 16.4 Å². The summed E-state index contributed by atoms with van der Waals surface area (Å²) in [7, 11) is 1.53. The van der Waals surface area contributed by atoms with E-state index < -0.39 is 0 Å². The van der Waals surface area contributed by atoms with Crippen LogP contribution in [-0.2, 0) is 11.3 Å². The van der Waals surface area contributed by atoms with E-state index in [1.807, 2.05) is 11.4 Å². The molecule has 110 valence electrons. The van der Waals surface area contributed by atoms with Gasteiger partial charge in [0.25, 0.3) is 0 Å². The predicted octanol–water partition coefficient (Wildman–Crippen LogP) is 2.55. The maximum absolute atomic E-state index is 13.0. The largest absolute Gasteiger partial charge is 0.378 e. The highest BCUT2D eigenvalue weighted by molar-refractivity contribution is 7.12. The summed E-state index contributed by atoms with van der Waals surface area (Å²) in [4.78, 5) is 4.46. The van der Waals surface area contributed by atoms with Gasteiger partial charge >= 0.3 is 0 Å². The lowest BCUT2D eigenvalue weighted by Gasteiger charge is -2.01. The van der Waals surface area contributed by atoms with Crippen LogP contribution in [0, 0.1) is 17.1 Å². The molecule has 0 spiro atoms. The Morgan fingerprint density at radius 1 is 1.36 bits per heavy atom. The molecule has 0 saturated heterocycles. The Bertz CT molecular complexity index is 834. The van der Waals surface area contributed by atoms with Crippen LogP contribution >= 0.6 is 11.3 Å². The van der Waals surface area contributed by atoms with Gasteiger partial charge in [-0.05, 0) is 24.3 Å². The van der Waals surface area contributed by atoms with Crippen molar-refractivity contribution in [3.8, 4) is 22.5 Å². The van der Waals surface area contributed by atoms with Crippen molar-refractivity contribution in [1.29, 1.82) is 5.26 Å². The Balaban J connectivity index is 1.99. The molecule has 0 unspecified atom stereocenters. The summed E-state index contributed by atoms with van der Waals surface area (Å²) in [6.07, 6.45) is 0. The zero-order chi connectivity index (χ0) is 15.5. The zero-order valence-electron chi connectivity index (χ0n) is 11.5. The van der Waals surface area contributed by atoms with E-state index in [2.05, 4.69) is 15.3 Å². The SMILES string of the molecule is COCc1c(C#N)nnn1-c1nc(-c2ccc(F)cc2)cs1. The fourth-order valence-electron chi connectivity index (χ4n) is 1.92. The molecule has 1 aromatic carbocycles. The van der Waals surface area contributed by atoms with Gasteiger partial charge in [0.2, 0.25) is 5.13 Å². The van der Waals surface area contributed by atoms with Crippen molar-refractivity contribution >= 4 is 11.3 Å². The Kier molecular flexibility index (Phi) is 3.91. The van der Waals surface area contributed by atoms with Crippen LogP contribution in [0.2, 0.25) is 0 Å². The monoisotopic (exact) mass is 315 g/mol. The average Bonchev–Trinajstić information content (AvgIpc) is 3.15. The first-order chi connectivity index (χ1) is 10.7.